The number of nitrogens with two attached hydrogens (primary N) is 1. The molecular formula is C10H19N3O4. The first-order valence-corrected chi connectivity index (χ1v) is 5.37. The first-order valence-electron chi connectivity index (χ1n) is 5.37. The molecule has 0 aromatic heterocycles. The lowest BCUT2D eigenvalue weighted by Gasteiger charge is -2.12. The van der Waals surface area contributed by atoms with Gasteiger partial charge in [0.1, 0.15) is 0 Å². The lowest BCUT2D eigenvalue weighted by Crippen LogP contribution is -2.46. The molecule has 0 spiro atoms. The first kappa shape index (κ1) is 15.4. The molecule has 0 aliphatic rings. The molecule has 7 nitrogen and oxygen atoms in total. The van der Waals surface area contributed by atoms with Gasteiger partial charge in [0, 0.05) is 12.5 Å². The van der Waals surface area contributed by atoms with Gasteiger partial charge in [-0.25, -0.2) is 0 Å². The highest BCUT2D eigenvalue weighted by atomic mass is 16.4. The second-order valence-corrected chi connectivity index (χ2v) is 3.98. The van der Waals surface area contributed by atoms with Crippen LogP contribution in [0.5, 0.6) is 0 Å². The van der Waals surface area contributed by atoms with Gasteiger partial charge in [-0.05, 0) is 20.3 Å². The van der Waals surface area contributed by atoms with E-state index in [9.17, 15) is 14.4 Å². The molecule has 0 aromatic carbocycles. The van der Waals surface area contributed by atoms with E-state index in [1.807, 2.05) is 0 Å². The van der Waals surface area contributed by atoms with Gasteiger partial charge in [-0.3, -0.25) is 14.4 Å². The van der Waals surface area contributed by atoms with Gasteiger partial charge in [-0.2, -0.15) is 0 Å². The largest absolute Gasteiger partial charge is 0.481 e. The van der Waals surface area contributed by atoms with Crippen molar-refractivity contribution in [2.24, 2.45) is 5.73 Å². The van der Waals surface area contributed by atoms with Crippen molar-refractivity contribution in [1.82, 2.24) is 10.6 Å². The average molecular weight is 245 g/mol. The van der Waals surface area contributed by atoms with Crippen LogP contribution in [0.1, 0.15) is 26.7 Å². The molecule has 1 atom stereocenters. The highest BCUT2D eigenvalue weighted by molar-refractivity contribution is 5.87. The van der Waals surface area contributed by atoms with Crippen LogP contribution in [0.2, 0.25) is 0 Å². The molecule has 7 heteroatoms. The molecule has 0 aliphatic heterocycles. The molecule has 0 heterocycles. The zero-order chi connectivity index (χ0) is 13.4. The molecule has 0 fully saturated rings. The minimum Gasteiger partial charge on any atom is -0.481 e. The third-order valence-corrected chi connectivity index (χ3v) is 1.88. The van der Waals surface area contributed by atoms with E-state index in [4.69, 9.17) is 10.8 Å². The number of carbonyl (C=O) groups excluding carboxylic acids is 2. The molecule has 0 saturated carbocycles. The van der Waals surface area contributed by atoms with Gasteiger partial charge in [-0.1, -0.05) is 0 Å². The summed E-state index contributed by atoms with van der Waals surface area (Å²) in [6.45, 7) is 3.45. The Hall–Kier alpha value is -1.63. The maximum absolute atomic E-state index is 11.3. The Morgan fingerprint density at radius 3 is 2.35 bits per heavy atom. The molecular weight excluding hydrogens is 226 g/mol. The summed E-state index contributed by atoms with van der Waals surface area (Å²) in [6, 6.07) is -0.905. The number of carbonyl (C=O) groups is 3. The minimum atomic E-state index is -1.01. The summed E-state index contributed by atoms with van der Waals surface area (Å²) < 4.78 is 0. The van der Waals surface area contributed by atoms with Crippen LogP contribution in [0.25, 0.3) is 0 Å². The van der Waals surface area contributed by atoms with Crippen molar-refractivity contribution >= 4 is 17.8 Å². The van der Waals surface area contributed by atoms with Crippen molar-refractivity contribution in [1.29, 1.82) is 0 Å². The Morgan fingerprint density at radius 1 is 1.29 bits per heavy atom. The van der Waals surface area contributed by atoms with Gasteiger partial charge in [0.05, 0.1) is 12.6 Å². The maximum Gasteiger partial charge on any atom is 0.303 e. The zero-order valence-electron chi connectivity index (χ0n) is 10.0. The number of carboxylic acid groups (broad SMARTS) is 1. The molecule has 1 unspecified atom stereocenters. The van der Waals surface area contributed by atoms with E-state index in [-0.39, 0.29) is 31.3 Å². The minimum absolute atomic E-state index is 0.0000795. The van der Waals surface area contributed by atoms with Crippen molar-refractivity contribution in [2.75, 3.05) is 6.54 Å². The van der Waals surface area contributed by atoms with Crippen molar-refractivity contribution < 1.29 is 19.5 Å². The average Bonchev–Trinajstić information content (AvgIpc) is 2.21. The molecule has 0 aliphatic carbocycles. The van der Waals surface area contributed by atoms with Crippen LogP contribution in [-0.4, -0.2) is 41.5 Å². The third-order valence-electron chi connectivity index (χ3n) is 1.88. The smallest absolute Gasteiger partial charge is 0.303 e. The van der Waals surface area contributed by atoms with Gasteiger partial charge < -0.3 is 21.5 Å². The number of aliphatic carboxylic acids is 1. The fourth-order valence-electron chi connectivity index (χ4n) is 1.08. The second kappa shape index (κ2) is 7.61. The Bertz CT molecular complexity index is 291. The number of hydrogen-bond acceptors (Lipinski definition) is 4. The summed E-state index contributed by atoms with van der Waals surface area (Å²) in [6.07, 6.45) is -0.125. The van der Waals surface area contributed by atoms with E-state index in [1.165, 1.54) is 0 Å². The Morgan fingerprint density at radius 2 is 1.88 bits per heavy atom. The van der Waals surface area contributed by atoms with E-state index >= 15 is 0 Å². The predicted molar refractivity (Wildman–Crippen MR) is 61.1 cm³/mol. The molecule has 0 radical (unpaired) electrons. The highest BCUT2D eigenvalue weighted by Crippen LogP contribution is 1.94. The van der Waals surface area contributed by atoms with E-state index in [1.54, 1.807) is 13.8 Å². The maximum atomic E-state index is 11.3. The lowest BCUT2D eigenvalue weighted by molar-refractivity contribution is -0.137. The summed E-state index contributed by atoms with van der Waals surface area (Å²) in [5.74, 6) is -1.84. The van der Waals surface area contributed by atoms with E-state index < -0.39 is 17.9 Å². The fraction of sp³-hybridized carbons (Fsp3) is 0.700. The molecule has 0 bridgehead atoms. The molecule has 0 saturated heterocycles. The fourth-order valence-corrected chi connectivity index (χ4v) is 1.08. The molecule has 17 heavy (non-hydrogen) atoms. The van der Waals surface area contributed by atoms with Gasteiger partial charge in [-0.15, -0.1) is 0 Å². The molecule has 0 rings (SSSR count). The van der Waals surface area contributed by atoms with Gasteiger partial charge in [0.2, 0.25) is 11.8 Å². The number of carboxylic acids is 1. The quantitative estimate of drug-likeness (QED) is 0.450. The van der Waals surface area contributed by atoms with Crippen LogP contribution in [0.3, 0.4) is 0 Å². The molecule has 98 valence electrons. The summed E-state index contributed by atoms with van der Waals surface area (Å²) >= 11 is 0. The van der Waals surface area contributed by atoms with E-state index in [0.717, 1.165) is 0 Å². The van der Waals surface area contributed by atoms with Crippen LogP contribution >= 0.6 is 0 Å². The number of rotatable bonds is 7. The van der Waals surface area contributed by atoms with Crippen LogP contribution in [-0.2, 0) is 14.4 Å². The molecule has 0 aromatic rings. The second-order valence-electron chi connectivity index (χ2n) is 3.98. The predicted octanol–water partition coefficient (Wildman–Crippen LogP) is -1.18. The van der Waals surface area contributed by atoms with Gasteiger partial charge in [0.25, 0.3) is 0 Å². The van der Waals surface area contributed by atoms with Crippen LogP contribution in [0.15, 0.2) is 0 Å². The number of hydrogen-bond donors (Lipinski definition) is 4. The van der Waals surface area contributed by atoms with Crippen LogP contribution < -0.4 is 16.4 Å². The Labute approximate surface area is 99.7 Å². The monoisotopic (exact) mass is 245 g/mol. The topological polar surface area (TPSA) is 122 Å². The summed E-state index contributed by atoms with van der Waals surface area (Å²) in [5, 5.41) is 13.4. The van der Waals surface area contributed by atoms with Crippen molar-refractivity contribution in [3.63, 3.8) is 0 Å². The standard InChI is InChI=1S/C10H19N3O4/c1-6(2)13-8(14)5-12-10(17)7(11)3-4-9(15)16/h6-7H,3-5,11H2,1-2H3,(H,12,17)(H,13,14)(H,15,16). The van der Waals surface area contributed by atoms with Crippen LogP contribution in [0, 0.1) is 0 Å². The SMILES string of the molecule is CC(C)NC(=O)CNC(=O)C(N)CCC(=O)O. The van der Waals surface area contributed by atoms with Gasteiger partial charge >= 0.3 is 5.97 Å². The lowest BCUT2D eigenvalue weighted by atomic mass is 10.1. The van der Waals surface area contributed by atoms with Crippen molar-refractivity contribution in [3.05, 3.63) is 0 Å². The van der Waals surface area contributed by atoms with E-state index in [2.05, 4.69) is 10.6 Å². The Kier molecular flexibility index (Phi) is 6.88. The zero-order valence-corrected chi connectivity index (χ0v) is 10.0. The van der Waals surface area contributed by atoms with E-state index in [0.29, 0.717) is 0 Å². The molecule has 5 N–H and O–H groups in total. The Balaban J connectivity index is 3.85. The number of amides is 2. The summed E-state index contributed by atoms with van der Waals surface area (Å²) in [5.41, 5.74) is 5.45. The molecule has 2 amide bonds. The van der Waals surface area contributed by atoms with Crippen molar-refractivity contribution in [2.45, 2.75) is 38.8 Å². The normalized spacial score (nSPS) is 12.0. The van der Waals surface area contributed by atoms with Crippen LogP contribution in [0.4, 0.5) is 0 Å². The highest BCUT2D eigenvalue weighted by Gasteiger charge is 2.15. The number of nitrogens with one attached hydrogen (secondary N) is 2. The summed E-state index contributed by atoms with van der Waals surface area (Å²) in [7, 11) is 0. The third kappa shape index (κ3) is 8.21. The van der Waals surface area contributed by atoms with Crippen molar-refractivity contribution in [3.8, 4) is 0 Å². The van der Waals surface area contributed by atoms with Gasteiger partial charge in [0.15, 0.2) is 0 Å². The summed E-state index contributed by atoms with van der Waals surface area (Å²) in [4.78, 5) is 32.8. The first-order chi connectivity index (χ1) is 7.82.